The Morgan fingerprint density at radius 1 is 1.25 bits per heavy atom. The molecule has 1 unspecified atom stereocenters. The van der Waals surface area contributed by atoms with Gasteiger partial charge in [0.2, 0.25) is 0 Å². The van der Waals surface area contributed by atoms with Gasteiger partial charge < -0.3 is 10.6 Å². The Morgan fingerprint density at radius 3 is 2.65 bits per heavy atom. The van der Waals surface area contributed by atoms with Crippen LogP contribution in [0.4, 0.5) is 5.69 Å². The van der Waals surface area contributed by atoms with Crippen molar-refractivity contribution in [1.29, 1.82) is 0 Å². The lowest BCUT2D eigenvalue weighted by molar-refractivity contribution is 0.260. The van der Waals surface area contributed by atoms with Crippen LogP contribution in [0.15, 0.2) is 22.7 Å². The van der Waals surface area contributed by atoms with Gasteiger partial charge in [0.25, 0.3) is 0 Å². The fourth-order valence-corrected chi connectivity index (χ4v) is 4.08. The van der Waals surface area contributed by atoms with Crippen molar-refractivity contribution < 1.29 is 0 Å². The summed E-state index contributed by atoms with van der Waals surface area (Å²) in [6, 6.07) is 7.39. The molecule has 110 valence electrons. The first-order valence-electron chi connectivity index (χ1n) is 7.69. The zero-order valence-electron chi connectivity index (χ0n) is 12.2. The lowest BCUT2D eigenvalue weighted by Crippen LogP contribution is -2.35. The number of hydrogen-bond acceptors (Lipinski definition) is 3. The molecule has 0 saturated carbocycles. The summed E-state index contributed by atoms with van der Waals surface area (Å²) in [6.07, 6.45) is 4.05. The fraction of sp³-hybridized carbons (Fsp3) is 0.625. The number of rotatable bonds is 3. The van der Waals surface area contributed by atoms with E-state index in [2.05, 4.69) is 43.9 Å². The summed E-state index contributed by atoms with van der Waals surface area (Å²) in [5.41, 5.74) is 8.46. The Morgan fingerprint density at radius 2 is 2.00 bits per heavy atom. The van der Waals surface area contributed by atoms with E-state index in [1.165, 1.54) is 48.1 Å². The summed E-state index contributed by atoms with van der Waals surface area (Å²) in [5, 5.41) is 0. The van der Waals surface area contributed by atoms with Crippen molar-refractivity contribution in [2.75, 3.05) is 31.1 Å². The van der Waals surface area contributed by atoms with Crippen molar-refractivity contribution in [3.63, 3.8) is 0 Å². The first-order chi connectivity index (χ1) is 9.65. The molecule has 0 aliphatic carbocycles. The first-order valence-corrected chi connectivity index (χ1v) is 8.48. The SMILES string of the molecule is C[C@H](N)c1ccc(N2CCC(N3CCCC3)C2)c(Br)c1. The average molecular weight is 338 g/mol. The molecule has 2 fully saturated rings. The van der Waals surface area contributed by atoms with Gasteiger partial charge in [0.05, 0.1) is 5.69 Å². The Hall–Kier alpha value is -0.580. The summed E-state index contributed by atoms with van der Waals surface area (Å²) >= 11 is 3.72. The smallest absolute Gasteiger partial charge is 0.0511 e. The molecular formula is C16H24BrN3. The molecule has 20 heavy (non-hydrogen) atoms. The van der Waals surface area contributed by atoms with Crippen molar-refractivity contribution in [1.82, 2.24) is 4.90 Å². The minimum absolute atomic E-state index is 0.0938. The van der Waals surface area contributed by atoms with Gasteiger partial charge in [0.1, 0.15) is 0 Å². The molecule has 1 aromatic carbocycles. The molecule has 4 heteroatoms. The van der Waals surface area contributed by atoms with E-state index in [0.29, 0.717) is 0 Å². The second-order valence-corrected chi connectivity index (χ2v) is 6.99. The number of nitrogens with zero attached hydrogens (tertiary/aromatic N) is 2. The highest BCUT2D eigenvalue weighted by atomic mass is 79.9. The highest BCUT2D eigenvalue weighted by molar-refractivity contribution is 9.10. The van der Waals surface area contributed by atoms with Crippen molar-refractivity contribution in [3.05, 3.63) is 28.2 Å². The molecule has 0 radical (unpaired) electrons. The van der Waals surface area contributed by atoms with Gasteiger partial charge in [-0.25, -0.2) is 0 Å². The van der Waals surface area contributed by atoms with Crippen LogP contribution < -0.4 is 10.6 Å². The Kier molecular flexibility index (Phi) is 4.34. The van der Waals surface area contributed by atoms with Crippen molar-refractivity contribution >= 4 is 21.6 Å². The molecule has 2 aliphatic rings. The molecule has 0 aromatic heterocycles. The summed E-state index contributed by atoms with van der Waals surface area (Å²) in [7, 11) is 0. The molecular weight excluding hydrogens is 314 g/mol. The van der Waals surface area contributed by atoms with Crippen LogP contribution in [0, 0.1) is 0 Å². The quantitative estimate of drug-likeness (QED) is 0.919. The first kappa shape index (κ1) is 14.4. The van der Waals surface area contributed by atoms with Crippen LogP contribution in [0.1, 0.15) is 37.8 Å². The summed E-state index contributed by atoms with van der Waals surface area (Å²) < 4.78 is 1.18. The topological polar surface area (TPSA) is 32.5 Å². The monoisotopic (exact) mass is 337 g/mol. The van der Waals surface area contributed by atoms with Crippen LogP contribution in [0.3, 0.4) is 0 Å². The highest BCUT2D eigenvalue weighted by Gasteiger charge is 2.29. The molecule has 1 aromatic rings. The molecule has 2 N–H and O–H groups in total. The average Bonchev–Trinajstić information content (AvgIpc) is 3.09. The Labute approximate surface area is 130 Å². The van der Waals surface area contributed by atoms with Gasteiger partial charge in [-0.2, -0.15) is 0 Å². The maximum atomic E-state index is 5.95. The van der Waals surface area contributed by atoms with Gasteiger partial charge in [-0.3, -0.25) is 4.90 Å². The summed E-state index contributed by atoms with van der Waals surface area (Å²) in [5.74, 6) is 0. The van der Waals surface area contributed by atoms with E-state index >= 15 is 0 Å². The van der Waals surface area contributed by atoms with Gasteiger partial charge in [0, 0.05) is 29.6 Å². The zero-order chi connectivity index (χ0) is 14.1. The maximum absolute atomic E-state index is 5.95. The van der Waals surface area contributed by atoms with Crippen LogP contribution in [-0.4, -0.2) is 37.1 Å². The van der Waals surface area contributed by atoms with Crippen LogP contribution in [0.5, 0.6) is 0 Å². The Balaban J connectivity index is 1.71. The number of nitrogens with two attached hydrogens (primary N) is 1. The van der Waals surface area contributed by atoms with Gasteiger partial charge >= 0.3 is 0 Å². The summed E-state index contributed by atoms with van der Waals surface area (Å²) in [4.78, 5) is 5.18. The normalized spacial score (nSPS) is 25.4. The molecule has 3 nitrogen and oxygen atoms in total. The van der Waals surface area contributed by atoms with Crippen LogP contribution >= 0.6 is 15.9 Å². The van der Waals surface area contributed by atoms with E-state index in [1.807, 2.05) is 6.92 Å². The summed E-state index contributed by atoms with van der Waals surface area (Å²) in [6.45, 7) is 6.95. The molecule has 2 aliphatic heterocycles. The van der Waals surface area contributed by atoms with E-state index in [-0.39, 0.29) is 6.04 Å². The third-order valence-corrected chi connectivity index (χ3v) is 5.29. The van der Waals surface area contributed by atoms with E-state index in [1.54, 1.807) is 0 Å². The van der Waals surface area contributed by atoms with Crippen LogP contribution in [-0.2, 0) is 0 Å². The van der Waals surface area contributed by atoms with Crippen molar-refractivity contribution in [2.24, 2.45) is 5.73 Å². The van der Waals surface area contributed by atoms with E-state index in [4.69, 9.17) is 5.73 Å². The third kappa shape index (κ3) is 2.87. The number of anilines is 1. The van der Waals surface area contributed by atoms with E-state index in [9.17, 15) is 0 Å². The standard InChI is InChI=1S/C16H24BrN3/c1-12(18)13-4-5-16(15(17)10-13)20-9-6-14(11-20)19-7-2-3-8-19/h4-5,10,12,14H,2-3,6-9,11,18H2,1H3/t12-,14?/m0/s1. The minimum Gasteiger partial charge on any atom is -0.369 e. The van der Waals surface area contributed by atoms with Crippen molar-refractivity contribution in [3.8, 4) is 0 Å². The lowest BCUT2D eigenvalue weighted by Gasteiger charge is -2.25. The van der Waals surface area contributed by atoms with Gasteiger partial charge in [-0.1, -0.05) is 6.07 Å². The van der Waals surface area contributed by atoms with Gasteiger partial charge in [-0.15, -0.1) is 0 Å². The molecule has 2 heterocycles. The molecule has 3 rings (SSSR count). The molecule has 0 spiro atoms. The molecule has 2 saturated heterocycles. The zero-order valence-corrected chi connectivity index (χ0v) is 13.8. The molecule has 0 bridgehead atoms. The predicted octanol–water partition coefficient (Wildman–Crippen LogP) is 3.14. The highest BCUT2D eigenvalue weighted by Crippen LogP contribution is 2.32. The number of likely N-dealkylation sites (tertiary alicyclic amines) is 1. The number of hydrogen-bond donors (Lipinski definition) is 1. The van der Waals surface area contributed by atoms with Crippen LogP contribution in [0.25, 0.3) is 0 Å². The molecule has 2 atom stereocenters. The second-order valence-electron chi connectivity index (χ2n) is 6.13. The Bertz CT molecular complexity index is 469. The number of halogens is 1. The fourth-order valence-electron chi connectivity index (χ4n) is 3.43. The number of benzene rings is 1. The maximum Gasteiger partial charge on any atom is 0.0511 e. The largest absolute Gasteiger partial charge is 0.369 e. The van der Waals surface area contributed by atoms with Crippen molar-refractivity contribution in [2.45, 2.75) is 38.3 Å². The molecule has 0 amide bonds. The lowest BCUT2D eigenvalue weighted by atomic mass is 10.1. The minimum atomic E-state index is 0.0938. The van der Waals surface area contributed by atoms with Crippen LogP contribution in [0.2, 0.25) is 0 Å². The van der Waals surface area contributed by atoms with Gasteiger partial charge in [-0.05, 0) is 72.9 Å². The predicted molar refractivity (Wildman–Crippen MR) is 88.2 cm³/mol. The van der Waals surface area contributed by atoms with E-state index in [0.717, 1.165) is 19.1 Å². The second kappa shape index (κ2) is 6.04. The third-order valence-electron chi connectivity index (χ3n) is 4.66. The van der Waals surface area contributed by atoms with E-state index < -0.39 is 0 Å². The van der Waals surface area contributed by atoms with Gasteiger partial charge in [0.15, 0.2) is 0 Å².